The van der Waals surface area contributed by atoms with Crippen LogP contribution in [0.2, 0.25) is 0 Å². The first-order chi connectivity index (χ1) is 7.42. The lowest BCUT2D eigenvalue weighted by atomic mass is 10.0. The van der Waals surface area contributed by atoms with E-state index >= 15 is 0 Å². The highest BCUT2D eigenvalue weighted by molar-refractivity contribution is 5.68. The normalized spacial score (nSPS) is 20.9. The topological polar surface area (TPSA) is 46.6 Å². The fraction of sp³-hybridized carbons (Fsp3) is 0.833. The Hall–Kier alpha value is -1.06. The largest absolute Gasteiger partial charge is 0.444 e. The van der Waals surface area contributed by atoms with E-state index in [1.54, 1.807) is 4.90 Å². The van der Waals surface area contributed by atoms with Gasteiger partial charge in [0.25, 0.3) is 0 Å². The van der Waals surface area contributed by atoms with Gasteiger partial charge in [-0.25, -0.2) is 4.79 Å². The Kier molecular flexibility index (Phi) is 4.33. The Morgan fingerprint density at radius 2 is 2.19 bits per heavy atom. The average molecular weight is 227 g/mol. The summed E-state index contributed by atoms with van der Waals surface area (Å²) in [6, 6.07) is 0. The predicted molar refractivity (Wildman–Crippen MR) is 61.2 cm³/mol. The number of carbonyl (C=O) groups excluding carboxylic acids is 2. The highest BCUT2D eigenvalue weighted by Gasteiger charge is 2.29. The molecule has 92 valence electrons. The average Bonchev–Trinajstić information content (AvgIpc) is 2.60. The number of hydrogen-bond acceptors (Lipinski definition) is 3. The molecule has 0 bridgehead atoms. The molecule has 4 heteroatoms. The maximum atomic E-state index is 11.7. The molecule has 0 aromatic rings. The van der Waals surface area contributed by atoms with Crippen LogP contribution in [0.1, 0.15) is 40.0 Å². The van der Waals surface area contributed by atoms with Crippen molar-refractivity contribution in [1.29, 1.82) is 0 Å². The molecule has 0 radical (unpaired) electrons. The summed E-state index contributed by atoms with van der Waals surface area (Å²) in [7, 11) is 0. The summed E-state index contributed by atoms with van der Waals surface area (Å²) in [6.45, 7) is 7.07. The van der Waals surface area contributed by atoms with Gasteiger partial charge in [0, 0.05) is 19.5 Å². The standard InChI is InChI=1S/C12H21NO3/c1-12(2,3)16-11(15)13-7-6-10(9-13)5-4-8-14/h8,10H,4-7,9H2,1-3H3/t10-/m0/s1. The summed E-state index contributed by atoms with van der Waals surface area (Å²) in [5.41, 5.74) is -0.433. The third-order valence-electron chi connectivity index (χ3n) is 2.63. The van der Waals surface area contributed by atoms with Crippen LogP contribution in [0.15, 0.2) is 0 Å². The maximum absolute atomic E-state index is 11.7. The molecule has 1 heterocycles. The summed E-state index contributed by atoms with van der Waals surface area (Å²) >= 11 is 0. The molecule has 1 saturated heterocycles. The number of aldehydes is 1. The lowest BCUT2D eigenvalue weighted by molar-refractivity contribution is -0.108. The van der Waals surface area contributed by atoms with Crippen molar-refractivity contribution in [2.24, 2.45) is 5.92 Å². The van der Waals surface area contributed by atoms with Crippen molar-refractivity contribution < 1.29 is 14.3 Å². The van der Waals surface area contributed by atoms with Crippen LogP contribution in [0, 0.1) is 5.92 Å². The van der Waals surface area contributed by atoms with Gasteiger partial charge in [-0.05, 0) is 39.5 Å². The molecule has 1 aliphatic rings. The predicted octanol–water partition coefficient (Wildman–Crippen LogP) is 2.22. The van der Waals surface area contributed by atoms with Crippen LogP contribution in [0.5, 0.6) is 0 Å². The second kappa shape index (κ2) is 5.32. The monoisotopic (exact) mass is 227 g/mol. The van der Waals surface area contributed by atoms with Gasteiger partial charge in [0.1, 0.15) is 11.9 Å². The van der Waals surface area contributed by atoms with E-state index < -0.39 is 5.60 Å². The zero-order chi connectivity index (χ0) is 12.2. The summed E-state index contributed by atoms with van der Waals surface area (Å²) in [6.07, 6.45) is 3.15. The number of hydrogen-bond donors (Lipinski definition) is 0. The molecule has 4 nitrogen and oxygen atoms in total. The molecule has 16 heavy (non-hydrogen) atoms. The number of amides is 1. The van der Waals surface area contributed by atoms with Crippen LogP contribution < -0.4 is 0 Å². The third kappa shape index (κ3) is 4.21. The Morgan fingerprint density at radius 3 is 2.75 bits per heavy atom. The van der Waals surface area contributed by atoms with E-state index in [-0.39, 0.29) is 6.09 Å². The zero-order valence-electron chi connectivity index (χ0n) is 10.4. The van der Waals surface area contributed by atoms with Gasteiger partial charge >= 0.3 is 6.09 Å². The summed E-state index contributed by atoms with van der Waals surface area (Å²) < 4.78 is 5.29. The van der Waals surface area contributed by atoms with E-state index in [0.29, 0.717) is 12.3 Å². The lowest BCUT2D eigenvalue weighted by Gasteiger charge is -2.24. The van der Waals surface area contributed by atoms with E-state index in [2.05, 4.69) is 0 Å². The van der Waals surface area contributed by atoms with Gasteiger partial charge in [-0.2, -0.15) is 0 Å². The highest BCUT2D eigenvalue weighted by atomic mass is 16.6. The zero-order valence-corrected chi connectivity index (χ0v) is 10.4. The first-order valence-corrected chi connectivity index (χ1v) is 5.84. The smallest absolute Gasteiger partial charge is 0.410 e. The van der Waals surface area contributed by atoms with Crippen molar-refractivity contribution in [1.82, 2.24) is 4.90 Å². The molecule has 0 N–H and O–H groups in total. The van der Waals surface area contributed by atoms with Gasteiger partial charge < -0.3 is 14.4 Å². The molecule has 0 aromatic heterocycles. The molecule has 0 aliphatic carbocycles. The third-order valence-corrected chi connectivity index (χ3v) is 2.63. The van der Waals surface area contributed by atoms with Crippen molar-refractivity contribution >= 4 is 12.4 Å². The quantitative estimate of drug-likeness (QED) is 0.694. The van der Waals surface area contributed by atoms with Crippen molar-refractivity contribution in [3.05, 3.63) is 0 Å². The molecule has 1 amide bonds. The number of likely N-dealkylation sites (tertiary alicyclic amines) is 1. The van der Waals surface area contributed by atoms with E-state index in [1.807, 2.05) is 20.8 Å². The molecule has 1 aliphatic heterocycles. The van der Waals surface area contributed by atoms with Crippen LogP contribution in [0.25, 0.3) is 0 Å². The van der Waals surface area contributed by atoms with Crippen LogP contribution in [0.4, 0.5) is 4.79 Å². The van der Waals surface area contributed by atoms with Crippen LogP contribution in [-0.4, -0.2) is 36.0 Å². The fourth-order valence-electron chi connectivity index (χ4n) is 1.86. The molecule has 1 atom stereocenters. The van der Waals surface area contributed by atoms with Crippen LogP contribution in [-0.2, 0) is 9.53 Å². The van der Waals surface area contributed by atoms with E-state index in [0.717, 1.165) is 32.2 Å². The number of rotatable bonds is 3. The Bertz CT molecular complexity index is 257. The van der Waals surface area contributed by atoms with E-state index in [4.69, 9.17) is 4.74 Å². The molecule has 1 rings (SSSR count). The number of carbonyl (C=O) groups is 2. The Balaban J connectivity index is 2.35. The van der Waals surface area contributed by atoms with Crippen molar-refractivity contribution in [2.45, 2.75) is 45.6 Å². The minimum absolute atomic E-state index is 0.235. The molecule has 0 unspecified atom stereocenters. The maximum Gasteiger partial charge on any atom is 0.410 e. The minimum atomic E-state index is -0.433. The number of nitrogens with zero attached hydrogens (tertiary/aromatic N) is 1. The molecular formula is C12H21NO3. The summed E-state index contributed by atoms with van der Waals surface area (Å²) in [4.78, 5) is 23.7. The number of ether oxygens (including phenoxy) is 1. The molecule has 0 saturated carbocycles. The summed E-state index contributed by atoms with van der Waals surface area (Å²) in [5, 5.41) is 0. The Morgan fingerprint density at radius 1 is 1.50 bits per heavy atom. The van der Waals surface area contributed by atoms with Crippen molar-refractivity contribution in [3.8, 4) is 0 Å². The lowest BCUT2D eigenvalue weighted by Crippen LogP contribution is -2.35. The molecule has 0 spiro atoms. The minimum Gasteiger partial charge on any atom is -0.444 e. The molecule has 1 fully saturated rings. The van der Waals surface area contributed by atoms with Gasteiger partial charge in [0.05, 0.1) is 0 Å². The highest BCUT2D eigenvalue weighted by Crippen LogP contribution is 2.22. The second-order valence-corrected chi connectivity index (χ2v) is 5.33. The molecular weight excluding hydrogens is 206 g/mol. The first kappa shape index (κ1) is 13.0. The van der Waals surface area contributed by atoms with Gasteiger partial charge in [0.2, 0.25) is 0 Å². The van der Waals surface area contributed by atoms with Crippen molar-refractivity contribution in [2.75, 3.05) is 13.1 Å². The molecule has 0 aromatic carbocycles. The first-order valence-electron chi connectivity index (χ1n) is 5.84. The van der Waals surface area contributed by atoms with E-state index in [9.17, 15) is 9.59 Å². The van der Waals surface area contributed by atoms with Gasteiger partial charge in [-0.1, -0.05) is 0 Å². The fourth-order valence-corrected chi connectivity index (χ4v) is 1.86. The second-order valence-electron chi connectivity index (χ2n) is 5.33. The van der Waals surface area contributed by atoms with Crippen LogP contribution >= 0.6 is 0 Å². The van der Waals surface area contributed by atoms with Crippen molar-refractivity contribution in [3.63, 3.8) is 0 Å². The van der Waals surface area contributed by atoms with Gasteiger partial charge in [-0.3, -0.25) is 0 Å². The SMILES string of the molecule is CC(C)(C)OC(=O)N1CC[C@H](CCC=O)C1. The van der Waals surface area contributed by atoms with Crippen LogP contribution in [0.3, 0.4) is 0 Å². The van der Waals surface area contributed by atoms with E-state index in [1.165, 1.54) is 0 Å². The van der Waals surface area contributed by atoms with Gasteiger partial charge in [-0.15, -0.1) is 0 Å². The van der Waals surface area contributed by atoms with Gasteiger partial charge in [0.15, 0.2) is 0 Å². The summed E-state index contributed by atoms with van der Waals surface area (Å²) in [5.74, 6) is 0.456. The Labute approximate surface area is 96.9 Å².